The van der Waals surface area contributed by atoms with Crippen molar-refractivity contribution in [2.24, 2.45) is 0 Å². The second-order valence-corrected chi connectivity index (χ2v) is 7.68. The van der Waals surface area contributed by atoms with Crippen molar-refractivity contribution in [1.29, 1.82) is 0 Å². The van der Waals surface area contributed by atoms with Gasteiger partial charge in [-0.15, -0.1) is 0 Å². The van der Waals surface area contributed by atoms with Crippen LogP contribution < -0.4 is 0 Å². The summed E-state index contributed by atoms with van der Waals surface area (Å²) >= 11 is 0. The van der Waals surface area contributed by atoms with E-state index < -0.39 is 51.8 Å². The van der Waals surface area contributed by atoms with Crippen LogP contribution in [0.5, 0.6) is 0 Å². The molecule has 2 rings (SSSR count). The van der Waals surface area contributed by atoms with Gasteiger partial charge in [0.25, 0.3) is 10.2 Å². The van der Waals surface area contributed by atoms with E-state index in [1.165, 1.54) is 21.0 Å². The molecule has 0 saturated heterocycles. The van der Waals surface area contributed by atoms with Gasteiger partial charge in [-0.1, -0.05) is 18.1 Å². The number of aromatic nitrogens is 2. The molecule has 0 bridgehead atoms. The summed E-state index contributed by atoms with van der Waals surface area (Å²) in [6, 6.07) is 2.00. The predicted octanol–water partition coefficient (Wildman–Crippen LogP) is 2.66. The first-order chi connectivity index (χ1) is 12.4. The van der Waals surface area contributed by atoms with Crippen LogP contribution in [0.25, 0.3) is 11.4 Å². The zero-order chi connectivity index (χ0) is 20.6. The number of hydrogen-bond acceptors (Lipinski definition) is 5. The van der Waals surface area contributed by atoms with Gasteiger partial charge in [-0.3, -0.25) is 0 Å². The van der Waals surface area contributed by atoms with Crippen LogP contribution in [0, 0.1) is 11.6 Å². The lowest BCUT2D eigenvalue weighted by Gasteiger charge is -2.24. The maximum atomic E-state index is 14.4. The average molecular weight is 414 g/mol. The summed E-state index contributed by atoms with van der Waals surface area (Å²) < 4.78 is 96.2. The van der Waals surface area contributed by atoms with Crippen molar-refractivity contribution in [3.8, 4) is 11.4 Å². The van der Waals surface area contributed by atoms with Gasteiger partial charge in [-0.05, 0) is 6.07 Å². The zero-order valence-corrected chi connectivity index (χ0v) is 15.2. The molecule has 2 aromatic rings. The minimum atomic E-state index is -4.93. The molecule has 1 heterocycles. The number of halogens is 5. The first-order valence-corrected chi connectivity index (χ1v) is 8.85. The van der Waals surface area contributed by atoms with Crippen molar-refractivity contribution in [3.05, 3.63) is 35.2 Å². The average Bonchev–Trinajstić information content (AvgIpc) is 3.06. The molecule has 150 valence electrons. The normalized spacial score (nSPS) is 13.0. The summed E-state index contributed by atoms with van der Waals surface area (Å²) in [6.45, 7) is 1.03. The Labute approximate surface area is 151 Å². The molecule has 0 aliphatic rings. The van der Waals surface area contributed by atoms with E-state index in [9.17, 15) is 30.4 Å². The fourth-order valence-electron chi connectivity index (χ4n) is 2.11. The summed E-state index contributed by atoms with van der Waals surface area (Å²) in [4.78, 5) is 3.00. The van der Waals surface area contributed by atoms with Crippen LogP contribution in [0.3, 0.4) is 0 Å². The topological polar surface area (TPSA) is 79.5 Å². The third-order valence-corrected chi connectivity index (χ3v) is 5.52. The number of rotatable bonds is 6. The largest absolute Gasteiger partial charge is 0.471 e. The molecule has 13 heteroatoms. The molecule has 1 aromatic heterocycles. The summed E-state index contributed by atoms with van der Waals surface area (Å²) in [5, 5.41) is 3.00. The van der Waals surface area contributed by atoms with Gasteiger partial charge >= 0.3 is 12.1 Å². The molecule has 0 amide bonds. The first-order valence-electron chi connectivity index (χ1n) is 7.45. The molecule has 0 spiro atoms. The summed E-state index contributed by atoms with van der Waals surface area (Å²) in [7, 11) is -1.31. The molecule has 0 radical (unpaired) electrons. The Kier molecular flexibility index (Phi) is 5.87. The number of alkyl halides is 3. The number of benzene rings is 1. The highest BCUT2D eigenvalue weighted by atomic mass is 32.2. The van der Waals surface area contributed by atoms with Crippen molar-refractivity contribution in [1.82, 2.24) is 18.8 Å². The number of nitrogens with zero attached hydrogens (tertiary/aromatic N) is 4. The van der Waals surface area contributed by atoms with Crippen molar-refractivity contribution in [2.45, 2.75) is 19.6 Å². The highest BCUT2D eigenvalue weighted by Gasteiger charge is 2.39. The Balaban J connectivity index is 2.39. The third kappa shape index (κ3) is 4.25. The molecule has 0 fully saturated rings. The van der Waals surface area contributed by atoms with Gasteiger partial charge in [-0.25, -0.2) is 8.78 Å². The maximum absolute atomic E-state index is 14.4. The third-order valence-electron chi connectivity index (χ3n) is 3.56. The molecule has 0 unspecified atom stereocenters. The monoisotopic (exact) mass is 414 g/mol. The Morgan fingerprint density at radius 2 is 1.78 bits per heavy atom. The van der Waals surface area contributed by atoms with Gasteiger partial charge in [0, 0.05) is 32.7 Å². The smallest absolute Gasteiger partial charge is 0.329 e. The van der Waals surface area contributed by atoms with Crippen LogP contribution >= 0.6 is 0 Å². The van der Waals surface area contributed by atoms with Gasteiger partial charge in [0.05, 0.1) is 5.56 Å². The highest BCUT2D eigenvalue weighted by Crippen LogP contribution is 2.31. The molecule has 27 heavy (non-hydrogen) atoms. The van der Waals surface area contributed by atoms with Gasteiger partial charge in [0.15, 0.2) is 11.6 Å². The molecule has 0 N–H and O–H groups in total. The van der Waals surface area contributed by atoms with Gasteiger partial charge < -0.3 is 4.52 Å². The summed E-state index contributed by atoms with van der Waals surface area (Å²) in [6.07, 6.45) is -4.93. The zero-order valence-electron chi connectivity index (χ0n) is 14.4. The second kappa shape index (κ2) is 7.48. The molecular formula is C14H15F5N4O3S. The van der Waals surface area contributed by atoms with Gasteiger partial charge in [0.2, 0.25) is 5.82 Å². The molecule has 0 aliphatic carbocycles. The lowest BCUT2D eigenvalue weighted by Crippen LogP contribution is -2.39. The van der Waals surface area contributed by atoms with Crippen molar-refractivity contribution >= 4 is 10.2 Å². The van der Waals surface area contributed by atoms with Gasteiger partial charge in [-0.2, -0.15) is 35.2 Å². The Morgan fingerprint density at radius 1 is 1.15 bits per heavy atom. The predicted molar refractivity (Wildman–Crippen MR) is 83.3 cm³/mol. The molecule has 0 atom stereocenters. The van der Waals surface area contributed by atoms with Crippen LogP contribution in [0.1, 0.15) is 18.4 Å². The van der Waals surface area contributed by atoms with E-state index in [1.807, 2.05) is 0 Å². The molecular weight excluding hydrogens is 399 g/mol. The fourth-order valence-corrected chi connectivity index (χ4v) is 3.20. The summed E-state index contributed by atoms with van der Waals surface area (Å²) in [5.41, 5.74) is -0.947. The van der Waals surface area contributed by atoms with E-state index in [4.69, 9.17) is 0 Å². The summed E-state index contributed by atoms with van der Waals surface area (Å²) in [5.74, 6) is -5.41. The van der Waals surface area contributed by atoms with E-state index in [0.29, 0.717) is 0 Å². The minimum Gasteiger partial charge on any atom is -0.329 e. The van der Waals surface area contributed by atoms with Crippen LogP contribution in [0.4, 0.5) is 22.0 Å². The van der Waals surface area contributed by atoms with E-state index in [-0.39, 0.29) is 12.1 Å². The molecule has 0 saturated carbocycles. The van der Waals surface area contributed by atoms with Crippen molar-refractivity contribution in [3.63, 3.8) is 0 Å². The van der Waals surface area contributed by atoms with Crippen LogP contribution in [0.2, 0.25) is 0 Å². The lowest BCUT2D eigenvalue weighted by atomic mass is 10.1. The standard InChI is InChI=1S/C14H15F5N4O3S/c1-4-23(27(24,25)22(2)3)7-8-5-6-9(11(16)10(8)15)12-20-13(26-21-12)14(17,18)19/h5-6H,4,7H2,1-3H3. The highest BCUT2D eigenvalue weighted by molar-refractivity contribution is 7.86. The first kappa shape index (κ1) is 21.2. The number of hydrogen-bond donors (Lipinski definition) is 0. The lowest BCUT2D eigenvalue weighted by molar-refractivity contribution is -0.159. The van der Waals surface area contributed by atoms with Crippen LogP contribution in [-0.4, -0.2) is 47.8 Å². The SMILES string of the molecule is CCN(Cc1ccc(-c2noc(C(F)(F)F)n2)c(F)c1F)S(=O)(=O)N(C)C. The van der Waals surface area contributed by atoms with Crippen molar-refractivity contribution < 1.29 is 34.9 Å². The minimum absolute atomic E-state index is 0.0108. The van der Waals surface area contributed by atoms with Gasteiger partial charge in [0.1, 0.15) is 0 Å². The van der Waals surface area contributed by atoms with Crippen LogP contribution in [0.15, 0.2) is 16.7 Å². The van der Waals surface area contributed by atoms with E-state index in [0.717, 1.165) is 20.7 Å². The maximum Gasteiger partial charge on any atom is 0.471 e. The van der Waals surface area contributed by atoms with Crippen LogP contribution in [-0.2, 0) is 22.9 Å². The van der Waals surface area contributed by atoms with E-state index in [1.54, 1.807) is 0 Å². The van der Waals surface area contributed by atoms with E-state index >= 15 is 0 Å². The molecule has 0 aliphatic heterocycles. The molecule has 1 aromatic carbocycles. The molecule has 7 nitrogen and oxygen atoms in total. The van der Waals surface area contributed by atoms with Crippen molar-refractivity contribution in [2.75, 3.05) is 20.6 Å². The quantitative estimate of drug-likeness (QED) is 0.679. The van der Waals surface area contributed by atoms with E-state index in [2.05, 4.69) is 14.7 Å². The second-order valence-electron chi connectivity index (χ2n) is 5.54. The Morgan fingerprint density at radius 3 is 2.26 bits per heavy atom. The fraction of sp³-hybridized carbons (Fsp3) is 0.429. The Bertz CT molecular complexity index is 927. The Hall–Kier alpha value is -2.12.